The molecule has 0 amide bonds. The maximum Gasteiger partial charge on any atom is 0.379 e. The van der Waals surface area contributed by atoms with E-state index < -0.39 is 44.0 Å². The number of nitro groups is 1. The van der Waals surface area contributed by atoms with Gasteiger partial charge in [0.05, 0.1) is 16.6 Å². The third-order valence-corrected chi connectivity index (χ3v) is 12.4. The lowest BCUT2D eigenvalue weighted by Crippen LogP contribution is -2.30. The molecule has 0 unspecified atom stereocenters. The molecule has 208 valence electrons. The zero-order chi connectivity index (χ0) is 28.5. The predicted octanol–water partition coefficient (Wildman–Crippen LogP) is 4.92. The molecule has 37 heavy (non-hydrogen) atoms. The molecule has 0 heterocycles. The summed E-state index contributed by atoms with van der Waals surface area (Å²) in [5.74, 6) is 0. The molecular formula is C20H31N2O12P3. The fourth-order valence-electron chi connectivity index (χ4n) is 3.11. The third-order valence-electron chi connectivity index (χ3n) is 5.16. The number of aliphatic hydroxyl groups is 1. The predicted molar refractivity (Wildman–Crippen MR) is 136 cm³/mol. The van der Waals surface area contributed by atoms with Crippen molar-refractivity contribution in [1.82, 2.24) is 0 Å². The molecule has 0 radical (unpaired) electrons. The number of hydrogen-bond donors (Lipinski definition) is 2. The summed E-state index contributed by atoms with van der Waals surface area (Å²) >= 11 is 0. The first kappa shape index (κ1) is 33.1. The van der Waals surface area contributed by atoms with Crippen LogP contribution in [0.2, 0.25) is 0 Å². The summed E-state index contributed by atoms with van der Waals surface area (Å²) in [6, 6.07) is 11.9. The van der Waals surface area contributed by atoms with Gasteiger partial charge >= 0.3 is 27.9 Å². The standard InChI is InChI=1S/C11H17NO9P2.C9H14NO3P/c1-18-22(16,19-2)11(13,23(17,20-3)21-4)9-7-5-6-8-10(9)12(14)15;1-12-14(11,13-2)7-8-5-3-4-6-9(8)10/h5-8,13H,1-4H3;3-6H,7,10H2,1-2H3. The second-order valence-electron chi connectivity index (χ2n) is 6.97. The van der Waals surface area contributed by atoms with Crippen molar-refractivity contribution in [2.75, 3.05) is 48.4 Å². The van der Waals surface area contributed by atoms with Gasteiger partial charge in [-0.15, -0.1) is 0 Å². The lowest BCUT2D eigenvalue weighted by atomic mass is 10.2. The molecule has 0 spiro atoms. The average Bonchev–Trinajstić information content (AvgIpc) is 2.93. The topological polar surface area (TPSA) is 196 Å². The summed E-state index contributed by atoms with van der Waals surface area (Å²) in [4.78, 5) is 10.4. The molecular weight excluding hydrogens is 553 g/mol. The first-order valence-electron chi connectivity index (χ1n) is 10.2. The average molecular weight is 584 g/mol. The number of nitrogens with zero attached hydrogens (tertiary/aromatic N) is 1. The number of rotatable bonds is 12. The van der Waals surface area contributed by atoms with Crippen LogP contribution in [0.5, 0.6) is 0 Å². The van der Waals surface area contributed by atoms with E-state index in [9.17, 15) is 28.9 Å². The van der Waals surface area contributed by atoms with Crippen molar-refractivity contribution in [3.63, 3.8) is 0 Å². The number of nitro benzene ring substituents is 1. The Hall–Kier alpha value is -1.95. The van der Waals surface area contributed by atoms with Crippen LogP contribution in [0.15, 0.2) is 48.5 Å². The molecule has 0 aromatic heterocycles. The van der Waals surface area contributed by atoms with Crippen LogP contribution in [-0.2, 0) is 52.1 Å². The van der Waals surface area contributed by atoms with Gasteiger partial charge in [-0.05, 0) is 17.7 Å². The maximum atomic E-state index is 12.9. The normalized spacial score (nSPS) is 12.5. The van der Waals surface area contributed by atoms with Gasteiger partial charge in [0.25, 0.3) is 5.69 Å². The minimum Gasteiger partial charge on any atom is -0.398 e. The second-order valence-corrected chi connectivity index (χ2v) is 14.3. The molecule has 0 saturated carbocycles. The Morgan fingerprint density at radius 2 is 1.24 bits per heavy atom. The number of nitrogens with two attached hydrogens (primary N) is 1. The molecule has 3 N–H and O–H groups in total. The molecule has 0 bridgehead atoms. The van der Waals surface area contributed by atoms with E-state index in [1.54, 1.807) is 12.1 Å². The molecule has 14 nitrogen and oxygen atoms in total. The lowest BCUT2D eigenvalue weighted by molar-refractivity contribution is -0.386. The molecule has 0 aliphatic rings. The van der Waals surface area contributed by atoms with E-state index in [0.717, 1.165) is 46.1 Å². The van der Waals surface area contributed by atoms with E-state index in [2.05, 4.69) is 0 Å². The number of hydrogen-bond acceptors (Lipinski definition) is 13. The molecule has 2 rings (SSSR count). The van der Waals surface area contributed by atoms with E-state index >= 15 is 0 Å². The molecule has 0 atom stereocenters. The largest absolute Gasteiger partial charge is 0.398 e. The minimum absolute atomic E-state index is 0.201. The van der Waals surface area contributed by atoms with Crippen LogP contribution in [-0.4, -0.2) is 52.7 Å². The van der Waals surface area contributed by atoms with Crippen molar-refractivity contribution in [1.29, 1.82) is 0 Å². The summed E-state index contributed by atoms with van der Waals surface area (Å²) < 4.78 is 66.0. The van der Waals surface area contributed by atoms with Gasteiger partial charge < -0.3 is 38.0 Å². The number of para-hydroxylation sites is 2. The highest BCUT2D eigenvalue weighted by atomic mass is 31.2. The second kappa shape index (κ2) is 13.7. The van der Waals surface area contributed by atoms with E-state index in [4.69, 9.17) is 32.9 Å². The van der Waals surface area contributed by atoms with Crippen molar-refractivity contribution in [2.45, 2.75) is 11.2 Å². The van der Waals surface area contributed by atoms with Gasteiger partial charge in [-0.25, -0.2) is 0 Å². The van der Waals surface area contributed by atoms with Gasteiger partial charge in [-0.3, -0.25) is 23.8 Å². The zero-order valence-corrected chi connectivity index (χ0v) is 23.8. The van der Waals surface area contributed by atoms with Crippen LogP contribution < -0.4 is 5.73 Å². The Kier molecular flexibility index (Phi) is 12.3. The highest BCUT2D eigenvalue weighted by molar-refractivity contribution is 7.73. The molecule has 0 saturated heterocycles. The van der Waals surface area contributed by atoms with Gasteiger partial charge in [0.15, 0.2) is 0 Å². The third kappa shape index (κ3) is 6.93. The number of anilines is 1. The van der Waals surface area contributed by atoms with E-state index in [-0.39, 0.29) is 6.16 Å². The van der Waals surface area contributed by atoms with Gasteiger partial charge in [0.1, 0.15) is 0 Å². The fourth-order valence-corrected chi connectivity index (χ4v) is 8.69. The SMILES string of the molecule is COP(=O)(Cc1ccccc1N)OC.COP(=O)(OC)C(O)(c1ccccc1[N+](=O)[O-])P(=O)(OC)OC. The first-order chi connectivity index (χ1) is 17.3. The molecule has 0 fully saturated rings. The van der Waals surface area contributed by atoms with Crippen molar-refractivity contribution >= 4 is 34.2 Å². The monoisotopic (exact) mass is 584 g/mol. The minimum atomic E-state index is -4.61. The summed E-state index contributed by atoms with van der Waals surface area (Å²) in [7, 11) is -5.78. The Bertz CT molecular complexity index is 1160. The quantitative estimate of drug-likeness (QED) is 0.148. The fraction of sp³-hybridized carbons (Fsp3) is 0.400. The Morgan fingerprint density at radius 1 is 0.811 bits per heavy atom. The summed E-state index contributed by atoms with van der Waals surface area (Å²) in [5, 5.41) is 19.2. The number of benzene rings is 2. The molecule has 0 aliphatic heterocycles. The maximum absolute atomic E-state index is 12.9. The van der Waals surface area contributed by atoms with E-state index in [0.29, 0.717) is 5.69 Å². The first-order valence-corrected chi connectivity index (χ1v) is 15.0. The molecule has 2 aromatic carbocycles. The van der Waals surface area contributed by atoms with E-state index in [1.165, 1.54) is 26.4 Å². The molecule has 0 aliphatic carbocycles. The summed E-state index contributed by atoms with van der Waals surface area (Å²) in [6.07, 6.45) is 0.201. The van der Waals surface area contributed by atoms with Gasteiger partial charge in [-0.1, -0.05) is 30.3 Å². The zero-order valence-electron chi connectivity index (χ0n) is 21.1. The van der Waals surface area contributed by atoms with Crippen LogP contribution >= 0.6 is 22.8 Å². The van der Waals surface area contributed by atoms with Gasteiger partial charge in [0.2, 0.25) is 0 Å². The van der Waals surface area contributed by atoms with E-state index in [1.807, 2.05) is 12.1 Å². The molecule has 17 heteroatoms. The Labute approximate surface area is 214 Å². The van der Waals surface area contributed by atoms with Crippen molar-refractivity contribution < 1.29 is 50.9 Å². The highest BCUT2D eigenvalue weighted by Crippen LogP contribution is 2.80. The van der Waals surface area contributed by atoms with Crippen LogP contribution in [0, 0.1) is 10.1 Å². The van der Waals surface area contributed by atoms with Crippen LogP contribution in [0.1, 0.15) is 11.1 Å². The van der Waals surface area contributed by atoms with Crippen molar-refractivity contribution in [2.24, 2.45) is 0 Å². The smallest absolute Gasteiger partial charge is 0.379 e. The van der Waals surface area contributed by atoms with Gasteiger partial charge in [-0.2, -0.15) is 0 Å². The van der Waals surface area contributed by atoms with Crippen LogP contribution in [0.4, 0.5) is 11.4 Å². The van der Waals surface area contributed by atoms with Gasteiger partial charge in [0, 0.05) is 54.4 Å². The highest BCUT2D eigenvalue weighted by Gasteiger charge is 2.67. The van der Waals surface area contributed by atoms with Crippen LogP contribution in [0.25, 0.3) is 0 Å². The van der Waals surface area contributed by atoms with Crippen molar-refractivity contribution in [3.8, 4) is 0 Å². The van der Waals surface area contributed by atoms with Crippen molar-refractivity contribution in [3.05, 3.63) is 69.8 Å². The molecule has 2 aromatic rings. The summed E-state index contributed by atoms with van der Waals surface area (Å²) in [6.45, 7) is 0. The Morgan fingerprint density at radius 3 is 1.65 bits per heavy atom. The lowest BCUT2D eigenvalue weighted by Gasteiger charge is -2.36. The Balaban J connectivity index is 0.000000417. The number of nitrogen functional groups attached to an aromatic ring is 1. The summed E-state index contributed by atoms with van der Waals surface area (Å²) in [5.41, 5.74) is 5.85. The van der Waals surface area contributed by atoms with Crippen LogP contribution in [0.3, 0.4) is 0 Å².